The van der Waals surface area contributed by atoms with Gasteiger partial charge in [-0.3, -0.25) is 10.5 Å². The molecule has 0 fully saturated rings. The van der Waals surface area contributed by atoms with Crippen LogP contribution in [0.1, 0.15) is 28.8 Å². The van der Waals surface area contributed by atoms with E-state index in [1.807, 2.05) is 20.9 Å². The number of hydrogen-bond acceptors (Lipinski definition) is 5. The fourth-order valence-electron chi connectivity index (χ4n) is 1.90. The van der Waals surface area contributed by atoms with Crippen LogP contribution >= 0.6 is 11.6 Å². The van der Waals surface area contributed by atoms with Crippen LogP contribution in [0.3, 0.4) is 0 Å². The monoisotopic (exact) mass is 280 g/mol. The quantitative estimate of drug-likeness (QED) is 0.650. The zero-order valence-electron chi connectivity index (χ0n) is 11.2. The van der Waals surface area contributed by atoms with Crippen molar-refractivity contribution < 1.29 is 0 Å². The Balaban J connectivity index is 2.26. The molecule has 2 rings (SSSR count). The van der Waals surface area contributed by atoms with Gasteiger partial charge in [0, 0.05) is 25.9 Å². The largest absolute Gasteiger partial charge is 0.271 e. The van der Waals surface area contributed by atoms with Gasteiger partial charge in [-0.15, -0.1) is 0 Å². The van der Waals surface area contributed by atoms with E-state index in [2.05, 4.69) is 20.5 Å². The molecule has 0 bridgehead atoms. The summed E-state index contributed by atoms with van der Waals surface area (Å²) in [5, 5.41) is 4.94. The molecule has 0 aliphatic heterocycles. The van der Waals surface area contributed by atoms with Crippen LogP contribution in [0, 0.1) is 13.8 Å². The van der Waals surface area contributed by atoms with E-state index in [-0.39, 0.29) is 6.04 Å². The van der Waals surface area contributed by atoms with E-state index >= 15 is 0 Å². The molecule has 0 saturated heterocycles. The third kappa shape index (κ3) is 2.91. The third-order valence-corrected chi connectivity index (χ3v) is 3.46. The van der Waals surface area contributed by atoms with Crippen molar-refractivity contribution in [3.63, 3.8) is 0 Å². The third-order valence-electron chi connectivity index (χ3n) is 2.97. The Hall–Kier alpha value is -1.50. The SMILES string of the molecule is Cc1cnc(C(Cc2c(Cl)c(C)nn2C)NN)nc1. The molecule has 0 aromatic carbocycles. The molecule has 0 spiro atoms. The summed E-state index contributed by atoms with van der Waals surface area (Å²) in [4.78, 5) is 8.57. The number of hydrazine groups is 1. The molecule has 0 aliphatic rings. The highest BCUT2D eigenvalue weighted by atomic mass is 35.5. The lowest BCUT2D eigenvalue weighted by Crippen LogP contribution is -2.31. The van der Waals surface area contributed by atoms with Gasteiger partial charge in [0.05, 0.1) is 22.5 Å². The van der Waals surface area contributed by atoms with Crippen LogP contribution in [0.15, 0.2) is 12.4 Å². The summed E-state index contributed by atoms with van der Waals surface area (Å²) in [6, 6.07) is -0.201. The van der Waals surface area contributed by atoms with Crippen molar-refractivity contribution in [1.29, 1.82) is 0 Å². The van der Waals surface area contributed by atoms with E-state index in [4.69, 9.17) is 17.4 Å². The molecule has 2 aromatic rings. The first-order chi connectivity index (χ1) is 9.02. The molecular formula is C12H17ClN6. The van der Waals surface area contributed by atoms with Crippen molar-refractivity contribution in [2.45, 2.75) is 26.3 Å². The summed E-state index contributed by atoms with van der Waals surface area (Å²) in [6.45, 7) is 3.81. The molecule has 1 atom stereocenters. The Morgan fingerprint density at radius 1 is 1.37 bits per heavy atom. The number of rotatable bonds is 4. The first-order valence-electron chi connectivity index (χ1n) is 5.95. The maximum Gasteiger partial charge on any atom is 0.146 e. The summed E-state index contributed by atoms with van der Waals surface area (Å²) in [6.07, 6.45) is 4.11. The van der Waals surface area contributed by atoms with Crippen molar-refractivity contribution in [2.75, 3.05) is 0 Å². The van der Waals surface area contributed by atoms with Crippen molar-refractivity contribution in [3.05, 3.63) is 40.2 Å². The van der Waals surface area contributed by atoms with Crippen molar-refractivity contribution in [2.24, 2.45) is 12.9 Å². The summed E-state index contributed by atoms with van der Waals surface area (Å²) >= 11 is 6.24. The van der Waals surface area contributed by atoms with Gasteiger partial charge in [0.15, 0.2) is 0 Å². The smallest absolute Gasteiger partial charge is 0.146 e. The highest BCUT2D eigenvalue weighted by molar-refractivity contribution is 6.31. The number of aryl methyl sites for hydroxylation is 3. The van der Waals surface area contributed by atoms with Crippen LogP contribution in [0.4, 0.5) is 0 Å². The summed E-state index contributed by atoms with van der Waals surface area (Å²) in [5.41, 5.74) is 5.45. The highest BCUT2D eigenvalue weighted by Gasteiger charge is 2.19. The molecule has 1 unspecified atom stereocenters. The molecule has 3 N–H and O–H groups in total. The predicted molar refractivity (Wildman–Crippen MR) is 73.5 cm³/mol. The average Bonchev–Trinajstić information content (AvgIpc) is 2.63. The second-order valence-electron chi connectivity index (χ2n) is 4.51. The highest BCUT2D eigenvalue weighted by Crippen LogP contribution is 2.23. The molecule has 0 amide bonds. The van der Waals surface area contributed by atoms with Crippen LogP contribution in [0.25, 0.3) is 0 Å². The molecule has 0 aliphatic carbocycles. The summed E-state index contributed by atoms with van der Waals surface area (Å²) in [5.74, 6) is 6.24. The Morgan fingerprint density at radius 2 is 2.00 bits per heavy atom. The number of nitrogens with one attached hydrogen (secondary N) is 1. The lowest BCUT2D eigenvalue weighted by molar-refractivity contribution is 0.504. The number of halogens is 1. The van der Waals surface area contributed by atoms with Gasteiger partial charge in [-0.05, 0) is 19.4 Å². The Labute approximate surface area is 117 Å². The number of nitrogens with two attached hydrogens (primary N) is 1. The van der Waals surface area contributed by atoms with Gasteiger partial charge in [-0.1, -0.05) is 11.6 Å². The summed E-state index contributed by atoms with van der Waals surface area (Å²) < 4.78 is 1.76. The van der Waals surface area contributed by atoms with E-state index in [0.717, 1.165) is 17.0 Å². The maximum atomic E-state index is 6.24. The molecule has 7 heteroatoms. The zero-order valence-corrected chi connectivity index (χ0v) is 11.9. The van der Waals surface area contributed by atoms with Crippen LogP contribution in [0.2, 0.25) is 5.02 Å². The molecule has 19 heavy (non-hydrogen) atoms. The van der Waals surface area contributed by atoms with Gasteiger partial charge in [0.2, 0.25) is 0 Å². The van der Waals surface area contributed by atoms with E-state index in [0.29, 0.717) is 17.3 Å². The van der Waals surface area contributed by atoms with Gasteiger partial charge in [0.25, 0.3) is 0 Å². The molecule has 0 saturated carbocycles. The molecule has 0 radical (unpaired) electrons. The van der Waals surface area contributed by atoms with E-state index in [1.54, 1.807) is 17.1 Å². The zero-order chi connectivity index (χ0) is 14.0. The first kappa shape index (κ1) is 13.9. The minimum atomic E-state index is -0.201. The van der Waals surface area contributed by atoms with Gasteiger partial charge in [-0.25, -0.2) is 15.4 Å². The predicted octanol–water partition coefficient (Wildman–Crippen LogP) is 1.23. The fraction of sp³-hybridized carbons (Fsp3) is 0.417. The van der Waals surface area contributed by atoms with Gasteiger partial charge in [0.1, 0.15) is 5.82 Å². The lowest BCUT2D eigenvalue weighted by atomic mass is 10.1. The fourth-order valence-corrected chi connectivity index (χ4v) is 2.14. The summed E-state index contributed by atoms with van der Waals surface area (Å²) in [7, 11) is 1.86. The first-order valence-corrected chi connectivity index (χ1v) is 6.33. The molecular weight excluding hydrogens is 264 g/mol. The van der Waals surface area contributed by atoms with Crippen molar-refractivity contribution in [3.8, 4) is 0 Å². The topological polar surface area (TPSA) is 81.7 Å². The van der Waals surface area contributed by atoms with Gasteiger partial charge >= 0.3 is 0 Å². The maximum absolute atomic E-state index is 6.24. The van der Waals surface area contributed by atoms with E-state index < -0.39 is 0 Å². The number of aromatic nitrogens is 4. The Kier molecular flexibility index (Phi) is 4.14. The van der Waals surface area contributed by atoms with Crippen molar-refractivity contribution in [1.82, 2.24) is 25.2 Å². The van der Waals surface area contributed by atoms with Crippen LogP contribution in [-0.4, -0.2) is 19.7 Å². The molecule has 6 nitrogen and oxygen atoms in total. The minimum Gasteiger partial charge on any atom is -0.271 e. The van der Waals surface area contributed by atoms with E-state index in [1.165, 1.54) is 0 Å². The second-order valence-corrected chi connectivity index (χ2v) is 4.89. The van der Waals surface area contributed by atoms with Crippen LogP contribution in [0.5, 0.6) is 0 Å². The van der Waals surface area contributed by atoms with Crippen LogP contribution in [-0.2, 0) is 13.5 Å². The van der Waals surface area contributed by atoms with Crippen LogP contribution < -0.4 is 11.3 Å². The lowest BCUT2D eigenvalue weighted by Gasteiger charge is -2.14. The number of hydrogen-bond donors (Lipinski definition) is 2. The van der Waals surface area contributed by atoms with Crippen molar-refractivity contribution >= 4 is 11.6 Å². The normalized spacial score (nSPS) is 12.7. The average molecular weight is 281 g/mol. The van der Waals surface area contributed by atoms with E-state index in [9.17, 15) is 0 Å². The Bertz CT molecular complexity index is 562. The molecule has 2 heterocycles. The van der Waals surface area contributed by atoms with Gasteiger partial charge < -0.3 is 0 Å². The minimum absolute atomic E-state index is 0.201. The molecule has 102 valence electrons. The Morgan fingerprint density at radius 3 is 2.47 bits per heavy atom. The second kappa shape index (κ2) is 5.64. The standard InChI is InChI=1S/C12H17ClN6/c1-7-5-15-12(16-6-7)9(17-14)4-10-11(13)8(2)18-19(10)3/h5-6,9,17H,4,14H2,1-3H3. The van der Waals surface area contributed by atoms with Gasteiger partial charge in [-0.2, -0.15) is 5.10 Å². The number of nitrogens with zero attached hydrogens (tertiary/aromatic N) is 4. The molecule has 2 aromatic heterocycles.